The number of hydrogen-bond acceptors (Lipinski definition) is 0. The average Bonchev–Trinajstić information content (AvgIpc) is 2.19. The zero-order valence-electron chi connectivity index (χ0n) is 7.54. The minimum atomic E-state index is 0.581. The third-order valence-corrected chi connectivity index (χ3v) is 2.16. The van der Waals surface area contributed by atoms with Gasteiger partial charge in [-0.05, 0) is 17.6 Å². The van der Waals surface area contributed by atoms with Gasteiger partial charge < -0.3 is 0 Å². The van der Waals surface area contributed by atoms with Crippen molar-refractivity contribution in [3.05, 3.63) is 60.3 Å². The second kappa shape index (κ2) is 5.60. The first-order chi connectivity index (χ1) is 6.38. The molecule has 13 heavy (non-hydrogen) atoms. The van der Waals surface area contributed by atoms with E-state index in [1.165, 1.54) is 11.1 Å². The summed E-state index contributed by atoms with van der Waals surface area (Å²) >= 11 is 5.80. The van der Waals surface area contributed by atoms with E-state index in [2.05, 4.69) is 24.8 Å². The van der Waals surface area contributed by atoms with E-state index in [1.807, 2.05) is 18.2 Å². The SMILES string of the molecule is C=C/C=C\C=C1/CC=CC=C1CCl. The highest BCUT2D eigenvalue weighted by molar-refractivity contribution is 6.19. The number of rotatable bonds is 3. The van der Waals surface area contributed by atoms with Crippen LogP contribution in [-0.4, -0.2) is 5.88 Å². The van der Waals surface area contributed by atoms with Crippen LogP contribution in [0.4, 0.5) is 0 Å². The van der Waals surface area contributed by atoms with E-state index in [1.54, 1.807) is 6.08 Å². The molecule has 0 aromatic rings. The summed E-state index contributed by atoms with van der Waals surface area (Å²) in [6.07, 6.45) is 15.0. The fourth-order valence-corrected chi connectivity index (χ4v) is 1.43. The molecule has 0 aromatic carbocycles. The van der Waals surface area contributed by atoms with Crippen molar-refractivity contribution in [2.45, 2.75) is 6.42 Å². The van der Waals surface area contributed by atoms with Gasteiger partial charge in [0, 0.05) is 5.88 Å². The molecular formula is C12H13Cl. The van der Waals surface area contributed by atoms with Gasteiger partial charge in [-0.3, -0.25) is 0 Å². The summed E-state index contributed by atoms with van der Waals surface area (Å²) in [5, 5.41) is 0. The summed E-state index contributed by atoms with van der Waals surface area (Å²) in [6.45, 7) is 3.61. The van der Waals surface area contributed by atoms with Crippen molar-refractivity contribution in [1.29, 1.82) is 0 Å². The van der Waals surface area contributed by atoms with E-state index >= 15 is 0 Å². The molecule has 68 valence electrons. The zero-order valence-corrected chi connectivity index (χ0v) is 8.30. The summed E-state index contributed by atoms with van der Waals surface area (Å²) in [4.78, 5) is 0. The molecule has 0 heterocycles. The van der Waals surface area contributed by atoms with Crippen LogP contribution in [0.2, 0.25) is 0 Å². The highest BCUT2D eigenvalue weighted by atomic mass is 35.5. The molecular weight excluding hydrogens is 180 g/mol. The zero-order chi connectivity index (χ0) is 9.52. The van der Waals surface area contributed by atoms with Gasteiger partial charge in [0.05, 0.1) is 0 Å². The fourth-order valence-electron chi connectivity index (χ4n) is 1.17. The minimum Gasteiger partial charge on any atom is -0.122 e. The minimum absolute atomic E-state index is 0.581. The Balaban J connectivity index is 2.74. The molecule has 0 saturated heterocycles. The molecule has 0 N–H and O–H groups in total. The van der Waals surface area contributed by atoms with Crippen LogP contribution >= 0.6 is 11.6 Å². The van der Waals surface area contributed by atoms with Crippen molar-refractivity contribution in [3.8, 4) is 0 Å². The van der Waals surface area contributed by atoms with Gasteiger partial charge in [-0.2, -0.15) is 0 Å². The maximum absolute atomic E-state index is 5.80. The Morgan fingerprint density at radius 3 is 3.00 bits per heavy atom. The van der Waals surface area contributed by atoms with Crippen molar-refractivity contribution in [2.24, 2.45) is 0 Å². The maximum Gasteiger partial charge on any atom is 0.0476 e. The van der Waals surface area contributed by atoms with Crippen molar-refractivity contribution in [2.75, 3.05) is 5.88 Å². The number of alkyl halides is 1. The molecule has 1 aliphatic rings. The standard InChI is InChI=1S/C12H13Cl/c1-2-3-4-7-11-8-5-6-9-12(11)10-13/h2-7,9H,1,8,10H2/b4-3-,11-7+. The molecule has 0 radical (unpaired) electrons. The normalized spacial score (nSPS) is 19.5. The van der Waals surface area contributed by atoms with Crippen LogP contribution in [0.3, 0.4) is 0 Å². The van der Waals surface area contributed by atoms with Crippen LogP contribution < -0.4 is 0 Å². The Labute approximate surface area is 84.6 Å². The molecule has 0 spiro atoms. The molecule has 0 nitrogen and oxygen atoms in total. The molecule has 0 aromatic heterocycles. The van der Waals surface area contributed by atoms with Gasteiger partial charge in [-0.15, -0.1) is 11.6 Å². The summed E-state index contributed by atoms with van der Waals surface area (Å²) < 4.78 is 0. The van der Waals surface area contributed by atoms with Crippen LogP contribution in [0.15, 0.2) is 60.3 Å². The first kappa shape index (κ1) is 10.1. The van der Waals surface area contributed by atoms with E-state index in [4.69, 9.17) is 11.6 Å². The number of allylic oxidation sites excluding steroid dienone is 9. The van der Waals surface area contributed by atoms with Gasteiger partial charge in [0.2, 0.25) is 0 Å². The Hall–Kier alpha value is -1.01. The summed E-state index contributed by atoms with van der Waals surface area (Å²) in [7, 11) is 0. The van der Waals surface area contributed by atoms with E-state index < -0.39 is 0 Å². The smallest absolute Gasteiger partial charge is 0.0476 e. The summed E-state index contributed by atoms with van der Waals surface area (Å²) in [6, 6.07) is 0. The van der Waals surface area contributed by atoms with Crippen LogP contribution in [0.25, 0.3) is 0 Å². The van der Waals surface area contributed by atoms with Gasteiger partial charge in [0.15, 0.2) is 0 Å². The predicted octanol–water partition coefficient (Wildman–Crippen LogP) is 3.78. The summed E-state index contributed by atoms with van der Waals surface area (Å²) in [5.74, 6) is 0.581. The van der Waals surface area contributed by atoms with E-state index in [-0.39, 0.29) is 0 Å². The lowest BCUT2D eigenvalue weighted by molar-refractivity contribution is 1.18. The molecule has 0 atom stereocenters. The Morgan fingerprint density at radius 1 is 1.46 bits per heavy atom. The molecule has 1 rings (SSSR count). The molecule has 1 heteroatoms. The topological polar surface area (TPSA) is 0 Å². The second-order valence-electron chi connectivity index (χ2n) is 2.77. The third kappa shape index (κ3) is 3.08. The maximum atomic E-state index is 5.80. The quantitative estimate of drug-likeness (QED) is 0.472. The highest BCUT2D eigenvalue weighted by Crippen LogP contribution is 2.20. The molecule has 0 bridgehead atoms. The monoisotopic (exact) mass is 192 g/mol. The van der Waals surface area contributed by atoms with Crippen LogP contribution in [-0.2, 0) is 0 Å². The molecule has 0 fully saturated rings. The lowest BCUT2D eigenvalue weighted by atomic mass is 9.99. The van der Waals surface area contributed by atoms with E-state index in [9.17, 15) is 0 Å². The molecule has 0 amide bonds. The van der Waals surface area contributed by atoms with Gasteiger partial charge in [-0.1, -0.05) is 49.1 Å². The third-order valence-electron chi connectivity index (χ3n) is 1.87. The van der Waals surface area contributed by atoms with Gasteiger partial charge in [-0.25, -0.2) is 0 Å². The van der Waals surface area contributed by atoms with Crippen LogP contribution in [0, 0.1) is 0 Å². The van der Waals surface area contributed by atoms with Gasteiger partial charge in [0.1, 0.15) is 0 Å². The molecule has 0 saturated carbocycles. The first-order valence-corrected chi connectivity index (χ1v) is 4.82. The molecule has 0 unspecified atom stereocenters. The van der Waals surface area contributed by atoms with Crippen molar-refractivity contribution >= 4 is 11.6 Å². The van der Waals surface area contributed by atoms with Crippen molar-refractivity contribution in [3.63, 3.8) is 0 Å². The van der Waals surface area contributed by atoms with Crippen LogP contribution in [0.5, 0.6) is 0 Å². The summed E-state index contributed by atoms with van der Waals surface area (Å²) in [5.41, 5.74) is 2.49. The average molecular weight is 193 g/mol. The predicted molar refractivity (Wildman–Crippen MR) is 60.0 cm³/mol. The Bertz CT molecular complexity index is 290. The first-order valence-electron chi connectivity index (χ1n) is 4.28. The largest absolute Gasteiger partial charge is 0.122 e. The van der Waals surface area contributed by atoms with Crippen molar-refractivity contribution in [1.82, 2.24) is 0 Å². The number of halogens is 1. The van der Waals surface area contributed by atoms with Gasteiger partial charge in [0.25, 0.3) is 0 Å². The van der Waals surface area contributed by atoms with E-state index in [0.717, 1.165) is 6.42 Å². The number of hydrogen-bond donors (Lipinski definition) is 0. The van der Waals surface area contributed by atoms with Crippen molar-refractivity contribution < 1.29 is 0 Å². The van der Waals surface area contributed by atoms with E-state index in [0.29, 0.717) is 5.88 Å². The molecule has 1 aliphatic carbocycles. The van der Waals surface area contributed by atoms with Gasteiger partial charge >= 0.3 is 0 Å². The second-order valence-corrected chi connectivity index (χ2v) is 3.04. The Morgan fingerprint density at radius 2 is 2.31 bits per heavy atom. The lowest BCUT2D eigenvalue weighted by Gasteiger charge is -2.09. The molecule has 0 aliphatic heterocycles. The van der Waals surface area contributed by atoms with Crippen LogP contribution in [0.1, 0.15) is 6.42 Å². The lowest BCUT2D eigenvalue weighted by Crippen LogP contribution is -1.93. The highest BCUT2D eigenvalue weighted by Gasteiger charge is 2.03. The fraction of sp³-hybridized carbons (Fsp3) is 0.167. The Kier molecular flexibility index (Phi) is 4.34.